The lowest BCUT2D eigenvalue weighted by Crippen LogP contribution is -2.20. The minimum Gasteiger partial charge on any atom is -0.299 e. The van der Waals surface area contributed by atoms with Crippen molar-refractivity contribution in [3.05, 3.63) is 0 Å². The van der Waals surface area contributed by atoms with Crippen molar-refractivity contribution in [1.29, 1.82) is 0 Å². The molecule has 0 saturated heterocycles. The third kappa shape index (κ3) is 9.84. The zero-order valence-corrected chi connectivity index (χ0v) is 9.51. The molecule has 2 nitrogen and oxygen atoms in total. The summed E-state index contributed by atoms with van der Waals surface area (Å²) in [5.41, 5.74) is 0. The topological polar surface area (TPSA) is 12.5 Å². The maximum atomic E-state index is 5.52. The Morgan fingerprint density at radius 3 is 2.15 bits per heavy atom. The molecule has 0 aromatic heterocycles. The second kappa shape index (κ2) is 10.0. The molecular weight excluding hydrogens is 162 g/mol. The Kier molecular flexibility index (Phi) is 9.94. The van der Waals surface area contributed by atoms with E-state index in [0.717, 1.165) is 13.2 Å². The minimum atomic E-state index is 0.885. The summed E-state index contributed by atoms with van der Waals surface area (Å²) in [6, 6.07) is 0. The van der Waals surface area contributed by atoms with Crippen LogP contribution in [0.15, 0.2) is 0 Å². The molecule has 0 rings (SSSR count). The zero-order chi connectivity index (χ0) is 9.94. The van der Waals surface area contributed by atoms with E-state index in [1.165, 1.54) is 38.5 Å². The molecule has 0 N–H and O–H groups in total. The van der Waals surface area contributed by atoms with Gasteiger partial charge in [-0.1, -0.05) is 39.5 Å². The highest BCUT2D eigenvalue weighted by atomic mass is 16.7. The summed E-state index contributed by atoms with van der Waals surface area (Å²) in [7, 11) is 2.03. The van der Waals surface area contributed by atoms with E-state index in [-0.39, 0.29) is 0 Å². The quantitative estimate of drug-likeness (QED) is 0.406. The summed E-state index contributed by atoms with van der Waals surface area (Å²) in [5, 5.41) is 1.98. The molecule has 0 unspecified atom stereocenters. The van der Waals surface area contributed by atoms with Gasteiger partial charge >= 0.3 is 0 Å². The summed E-state index contributed by atoms with van der Waals surface area (Å²) in [6.07, 6.45) is 7.58. The molecule has 0 spiro atoms. The van der Waals surface area contributed by atoms with Gasteiger partial charge in [0.1, 0.15) is 0 Å². The van der Waals surface area contributed by atoms with Gasteiger partial charge in [-0.2, -0.15) is 5.06 Å². The summed E-state index contributed by atoms with van der Waals surface area (Å²) < 4.78 is 0. The van der Waals surface area contributed by atoms with Crippen LogP contribution in [0.3, 0.4) is 0 Å². The molecule has 0 aliphatic carbocycles. The Bertz CT molecular complexity index is 96.1. The van der Waals surface area contributed by atoms with Gasteiger partial charge in [-0.3, -0.25) is 4.84 Å². The average molecular weight is 187 g/mol. The van der Waals surface area contributed by atoms with Crippen LogP contribution < -0.4 is 0 Å². The van der Waals surface area contributed by atoms with Crippen LogP contribution in [0.5, 0.6) is 0 Å². The molecule has 0 bridgehead atoms. The van der Waals surface area contributed by atoms with E-state index in [1.54, 1.807) is 0 Å². The van der Waals surface area contributed by atoms with Gasteiger partial charge in [0.15, 0.2) is 0 Å². The Balaban J connectivity index is 3.05. The third-order valence-electron chi connectivity index (χ3n) is 2.14. The summed E-state index contributed by atoms with van der Waals surface area (Å²) in [6.45, 7) is 6.39. The molecule has 0 heterocycles. The number of nitrogens with zero attached hydrogens (tertiary/aromatic N) is 1. The van der Waals surface area contributed by atoms with Crippen LogP contribution >= 0.6 is 0 Å². The number of rotatable bonds is 9. The normalized spacial score (nSPS) is 11.1. The van der Waals surface area contributed by atoms with Crippen molar-refractivity contribution in [3.63, 3.8) is 0 Å². The highest BCUT2D eigenvalue weighted by Crippen LogP contribution is 1.99. The van der Waals surface area contributed by atoms with Gasteiger partial charge in [0.25, 0.3) is 0 Å². The van der Waals surface area contributed by atoms with Gasteiger partial charge in [-0.05, 0) is 12.8 Å². The largest absolute Gasteiger partial charge is 0.299 e. The third-order valence-corrected chi connectivity index (χ3v) is 2.14. The van der Waals surface area contributed by atoms with Gasteiger partial charge in [-0.25, -0.2) is 0 Å². The van der Waals surface area contributed by atoms with Crippen molar-refractivity contribution >= 4 is 0 Å². The molecule has 0 fully saturated rings. The molecule has 0 saturated carbocycles. The predicted octanol–water partition coefficient (Wildman–Crippen LogP) is 3.23. The first-order valence-corrected chi connectivity index (χ1v) is 5.65. The smallest absolute Gasteiger partial charge is 0.0684 e. The summed E-state index contributed by atoms with van der Waals surface area (Å²) >= 11 is 0. The van der Waals surface area contributed by atoms with Crippen molar-refractivity contribution < 1.29 is 4.84 Å². The van der Waals surface area contributed by atoms with Crippen LogP contribution in [0.2, 0.25) is 0 Å². The second-order valence-corrected chi connectivity index (χ2v) is 3.60. The van der Waals surface area contributed by atoms with E-state index < -0.39 is 0 Å². The lowest BCUT2D eigenvalue weighted by molar-refractivity contribution is -0.141. The fourth-order valence-corrected chi connectivity index (χ4v) is 1.22. The number of unbranched alkanes of at least 4 members (excludes halogenated alkanes) is 4. The predicted molar refractivity (Wildman–Crippen MR) is 57.6 cm³/mol. The van der Waals surface area contributed by atoms with Gasteiger partial charge in [0.2, 0.25) is 0 Å². The highest BCUT2D eigenvalue weighted by molar-refractivity contribution is 4.41. The fourth-order valence-electron chi connectivity index (χ4n) is 1.22. The zero-order valence-electron chi connectivity index (χ0n) is 9.51. The molecule has 0 aromatic carbocycles. The van der Waals surface area contributed by atoms with Gasteiger partial charge in [-0.15, -0.1) is 0 Å². The van der Waals surface area contributed by atoms with Gasteiger partial charge < -0.3 is 0 Å². The van der Waals surface area contributed by atoms with Crippen molar-refractivity contribution in [1.82, 2.24) is 5.06 Å². The molecule has 0 atom stereocenters. The van der Waals surface area contributed by atoms with Gasteiger partial charge in [0.05, 0.1) is 6.61 Å². The van der Waals surface area contributed by atoms with E-state index in [4.69, 9.17) is 4.84 Å². The molecule has 13 heavy (non-hydrogen) atoms. The van der Waals surface area contributed by atoms with Crippen LogP contribution in [0, 0.1) is 0 Å². The maximum absolute atomic E-state index is 5.52. The molecule has 0 amide bonds. The first-order chi connectivity index (χ1) is 6.31. The standard InChI is InChI=1S/C11H25NO/c1-4-6-8-10-12(3)13-11-9-7-5-2/h4-11H2,1-3H3. The van der Waals surface area contributed by atoms with E-state index >= 15 is 0 Å². The number of hydroxylamine groups is 2. The summed E-state index contributed by atoms with van der Waals surface area (Å²) in [4.78, 5) is 5.52. The van der Waals surface area contributed by atoms with Crippen LogP contribution in [0.1, 0.15) is 52.4 Å². The minimum absolute atomic E-state index is 0.885. The van der Waals surface area contributed by atoms with E-state index in [1.807, 2.05) is 12.1 Å². The molecular formula is C11H25NO. The lowest BCUT2D eigenvalue weighted by atomic mass is 10.2. The van der Waals surface area contributed by atoms with Crippen LogP contribution in [-0.2, 0) is 4.84 Å². The Hall–Kier alpha value is -0.0800. The Labute approximate surface area is 83.2 Å². The fraction of sp³-hybridized carbons (Fsp3) is 1.00. The number of hydrogen-bond donors (Lipinski definition) is 0. The second-order valence-electron chi connectivity index (χ2n) is 3.60. The monoisotopic (exact) mass is 187 g/mol. The maximum Gasteiger partial charge on any atom is 0.0684 e. The molecule has 0 aromatic rings. The first-order valence-electron chi connectivity index (χ1n) is 5.65. The Morgan fingerprint density at radius 1 is 0.923 bits per heavy atom. The highest BCUT2D eigenvalue weighted by Gasteiger charge is 1.96. The molecule has 2 heteroatoms. The number of hydrogen-bond acceptors (Lipinski definition) is 2. The Morgan fingerprint density at radius 2 is 1.54 bits per heavy atom. The lowest BCUT2D eigenvalue weighted by Gasteiger charge is -2.15. The van der Waals surface area contributed by atoms with Gasteiger partial charge in [0, 0.05) is 13.6 Å². The SMILES string of the molecule is CCCCCON(C)CCCCC. The van der Waals surface area contributed by atoms with Crippen LogP contribution in [0.25, 0.3) is 0 Å². The van der Waals surface area contributed by atoms with Crippen LogP contribution in [0.4, 0.5) is 0 Å². The van der Waals surface area contributed by atoms with Crippen molar-refractivity contribution in [2.75, 3.05) is 20.2 Å². The first kappa shape index (κ1) is 12.9. The van der Waals surface area contributed by atoms with Crippen LogP contribution in [-0.4, -0.2) is 25.3 Å². The molecule has 80 valence electrons. The molecule has 0 aliphatic rings. The van der Waals surface area contributed by atoms with E-state index in [9.17, 15) is 0 Å². The van der Waals surface area contributed by atoms with Crippen molar-refractivity contribution in [2.45, 2.75) is 52.4 Å². The van der Waals surface area contributed by atoms with Crippen molar-refractivity contribution in [2.24, 2.45) is 0 Å². The van der Waals surface area contributed by atoms with E-state index in [0.29, 0.717) is 0 Å². The van der Waals surface area contributed by atoms with Crippen molar-refractivity contribution in [3.8, 4) is 0 Å². The van der Waals surface area contributed by atoms with E-state index in [2.05, 4.69) is 13.8 Å². The summed E-state index contributed by atoms with van der Waals surface area (Å²) in [5.74, 6) is 0. The average Bonchev–Trinajstić information content (AvgIpc) is 2.13. The molecule has 0 radical (unpaired) electrons. The molecule has 0 aliphatic heterocycles.